The molecule has 3 aliphatic rings. The molecule has 236 valence electrons. The fraction of sp³-hybridized carbons (Fsp3) is 0.242. The molecule has 3 aliphatic heterocycles. The standard InChI is InChI=1S/C33H30N4O7S2/c1-36(2)23-10-7-21(8-11-23)34-35-22-9-13-25-29(18-22)44-33-27-6-4-16-37-15-3-5-20(32(27)37)17-28(33)31(25)26-14-12-24(45(38,39)40)19-30(26)46(41,42)43/h7-14,17-19H,3-6,15-16H2,1-2H3,(H-,38,39,40,41,42,43)/p+1. The van der Waals surface area contributed by atoms with Gasteiger partial charge >= 0.3 is 0 Å². The Morgan fingerprint density at radius 3 is 2.15 bits per heavy atom. The Balaban J connectivity index is 1.47. The van der Waals surface area contributed by atoms with Crippen LogP contribution in [0.2, 0.25) is 0 Å². The number of azo groups is 1. The molecule has 0 atom stereocenters. The van der Waals surface area contributed by atoms with Crippen LogP contribution in [-0.4, -0.2) is 53.1 Å². The van der Waals surface area contributed by atoms with Crippen molar-refractivity contribution < 1.29 is 30.7 Å². The highest BCUT2D eigenvalue weighted by Crippen LogP contribution is 2.42. The highest BCUT2D eigenvalue weighted by atomic mass is 32.2. The molecule has 3 heterocycles. The van der Waals surface area contributed by atoms with E-state index in [0.29, 0.717) is 39.2 Å². The van der Waals surface area contributed by atoms with Crippen molar-refractivity contribution in [1.29, 1.82) is 0 Å². The molecule has 2 N–H and O–H groups in total. The van der Waals surface area contributed by atoms with Crippen LogP contribution in [0, 0.1) is 0 Å². The van der Waals surface area contributed by atoms with E-state index in [4.69, 9.17) is 4.74 Å². The van der Waals surface area contributed by atoms with Gasteiger partial charge < -0.3 is 9.64 Å². The second-order valence-electron chi connectivity index (χ2n) is 11.8. The average molecular weight is 660 g/mol. The van der Waals surface area contributed by atoms with Crippen LogP contribution in [-0.2, 0) is 33.1 Å². The van der Waals surface area contributed by atoms with Crippen molar-refractivity contribution >= 4 is 42.9 Å². The Morgan fingerprint density at radius 2 is 1.46 bits per heavy atom. The predicted octanol–water partition coefficient (Wildman–Crippen LogP) is 4.40. The number of hydrogen-bond acceptors (Lipinski definition) is 8. The van der Waals surface area contributed by atoms with Crippen molar-refractivity contribution in [1.82, 2.24) is 4.58 Å². The number of fused-ring (bicyclic) bond motifs is 3. The van der Waals surface area contributed by atoms with Gasteiger partial charge in [-0.1, -0.05) is 6.07 Å². The van der Waals surface area contributed by atoms with E-state index in [1.165, 1.54) is 6.07 Å². The molecule has 0 aliphatic carbocycles. The summed E-state index contributed by atoms with van der Waals surface area (Å²) in [7, 11) is -5.79. The van der Waals surface area contributed by atoms with Gasteiger partial charge in [0, 0.05) is 66.2 Å². The zero-order valence-electron chi connectivity index (χ0n) is 25.1. The zero-order chi connectivity index (χ0) is 32.4. The van der Waals surface area contributed by atoms with Gasteiger partial charge in [0.05, 0.1) is 21.8 Å². The highest BCUT2D eigenvalue weighted by molar-refractivity contribution is 7.86. The topological polar surface area (TPSA) is 149 Å². The van der Waals surface area contributed by atoms with Crippen LogP contribution < -0.4 is 24.8 Å². The number of anilines is 1. The minimum Gasteiger partial charge on any atom is -0.455 e. The summed E-state index contributed by atoms with van der Waals surface area (Å²) in [5, 5.41) is 10.6. The number of hydrogen-bond donors (Lipinski definition) is 2. The van der Waals surface area contributed by atoms with Crippen LogP contribution in [0.5, 0.6) is 11.5 Å². The molecular formula is C33H31N4O7S2+. The summed E-state index contributed by atoms with van der Waals surface area (Å²) < 4.78 is 78.4. The second-order valence-corrected chi connectivity index (χ2v) is 14.6. The quantitative estimate of drug-likeness (QED) is 0.155. The minimum atomic E-state index is -4.94. The summed E-state index contributed by atoms with van der Waals surface area (Å²) in [4.78, 5) is 0.693. The number of benzene rings is 4. The minimum absolute atomic E-state index is 0.0756. The molecule has 7 rings (SSSR count). The number of ether oxygens (including phenoxy) is 1. The normalized spacial score (nSPS) is 15.7. The Bertz CT molecular complexity index is 2310. The van der Waals surface area contributed by atoms with E-state index < -0.39 is 30.0 Å². The van der Waals surface area contributed by atoms with Crippen LogP contribution in [0.15, 0.2) is 86.7 Å². The van der Waals surface area contributed by atoms with Gasteiger partial charge in [-0.05, 0) is 67.4 Å². The van der Waals surface area contributed by atoms with Gasteiger partial charge in [0.1, 0.15) is 29.5 Å². The van der Waals surface area contributed by atoms with Crippen molar-refractivity contribution in [2.24, 2.45) is 10.2 Å². The molecule has 4 aromatic carbocycles. The lowest BCUT2D eigenvalue weighted by atomic mass is 9.87. The lowest BCUT2D eigenvalue weighted by molar-refractivity contribution is 0.437. The van der Waals surface area contributed by atoms with E-state index >= 15 is 0 Å². The maximum atomic E-state index is 12.7. The third kappa shape index (κ3) is 5.38. The van der Waals surface area contributed by atoms with E-state index in [-0.39, 0.29) is 5.56 Å². The fourth-order valence-electron chi connectivity index (χ4n) is 6.56. The first-order valence-corrected chi connectivity index (χ1v) is 17.7. The first-order valence-electron chi connectivity index (χ1n) is 14.8. The number of nitrogens with zero attached hydrogens (tertiary/aromatic N) is 4. The lowest BCUT2D eigenvalue weighted by Gasteiger charge is -2.27. The zero-order valence-corrected chi connectivity index (χ0v) is 26.8. The molecule has 0 amide bonds. The Labute approximate surface area is 266 Å². The average Bonchev–Trinajstić information content (AvgIpc) is 3.02. The van der Waals surface area contributed by atoms with Gasteiger partial charge in [-0.25, -0.2) is 4.58 Å². The Hall–Kier alpha value is -4.43. The third-order valence-corrected chi connectivity index (χ3v) is 10.4. The van der Waals surface area contributed by atoms with Crippen molar-refractivity contribution in [3.8, 4) is 11.5 Å². The molecule has 46 heavy (non-hydrogen) atoms. The van der Waals surface area contributed by atoms with Gasteiger partial charge in [0.25, 0.3) is 20.2 Å². The van der Waals surface area contributed by atoms with E-state index in [2.05, 4.69) is 14.8 Å². The predicted molar refractivity (Wildman–Crippen MR) is 172 cm³/mol. The van der Waals surface area contributed by atoms with E-state index in [1.54, 1.807) is 18.2 Å². The molecule has 0 unspecified atom stereocenters. The van der Waals surface area contributed by atoms with Crippen LogP contribution in [0.1, 0.15) is 35.1 Å². The first kappa shape index (κ1) is 30.2. The van der Waals surface area contributed by atoms with E-state index in [1.807, 2.05) is 49.3 Å². The molecule has 11 nitrogen and oxygen atoms in total. The molecule has 0 fully saturated rings. The smallest absolute Gasteiger partial charge is 0.295 e. The first-order chi connectivity index (χ1) is 21.9. The number of rotatable bonds is 6. The molecular weight excluding hydrogens is 629 g/mol. The van der Waals surface area contributed by atoms with Crippen LogP contribution in [0.25, 0.3) is 5.57 Å². The fourth-order valence-corrected chi connectivity index (χ4v) is 7.86. The van der Waals surface area contributed by atoms with E-state index in [0.717, 1.165) is 73.1 Å². The SMILES string of the molecule is CN(C)c1ccc(N=Nc2ccc3c(c2)Oc2c4c5c(cc2=C3c2ccc(S(=O)(=O)O)cc2S(=O)(=O)O)CCC[N+]=5CCC4)cc1. The van der Waals surface area contributed by atoms with Crippen molar-refractivity contribution in [3.05, 3.63) is 99.6 Å². The van der Waals surface area contributed by atoms with Crippen LogP contribution in [0.3, 0.4) is 0 Å². The summed E-state index contributed by atoms with van der Waals surface area (Å²) in [5.74, 6) is 0.993. The summed E-state index contributed by atoms with van der Waals surface area (Å²) in [6.07, 6.45) is 3.51. The largest absolute Gasteiger partial charge is 0.455 e. The summed E-state index contributed by atoms with van der Waals surface area (Å²) in [6, 6.07) is 18.0. The highest BCUT2D eigenvalue weighted by Gasteiger charge is 2.33. The molecule has 13 heteroatoms. The summed E-state index contributed by atoms with van der Waals surface area (Å²) in [5.41, 5.74) is 5.40. The van der Waals surface area contributed by atoms with Gasteiger partial charge in [0.15, 0.2) is 0 Å². The maximum absolute atomic E-state index is 12.7. The molecule has 0 saturated carbocycles. The van der Waals surface area contributed by atoms with Crippen molar-refractivity contribution in [2.45, 2.75) is 35.5 Å². The van der Waals surface area contributed by atoms with Crippen LogP contribution in [0.4, 0.5) is 17.1 Å². The third-order valence-electron chi connectivity index (χ3n) is 8.63. The Morgan fingerprint density at radius 1 is 0.783 bits per heavy atom. The Kier molecular flexibility index (Phi) is 7.31. The number of aryl methyl sites for hydroxylation is 1. The lowest BCUT2D eigenvalue weighted by Crippen LogP contribution is -2.45. The summed E-state index contributed by atoms with van der Waals surface area (Å²) >= 11 is 0. The van der Waals surface area contributed by atoms with Gasteiger partial charge in [-0.3, -0.25) is 9.11 Å². The summed E-state index contributed by atoms with van der Waals surface area (Å²) in [6.45, 7) is 1.88. The van der Waals surface area contributed by atoms with Gasteiger partial charge in [-0.15, -0.1) is 0 Å². The van der Waals surface area contributed by atoms with Crippen molar-refractivity contribution in [3.63, 3.8) is 0 Å². The van der Waals surface area contributed by atoms with Gasteiger partial charge in [-0.2, -0.15) is 27.1 Å². The van der Waals surface area contributed by atoms with Gasteiger partial charge in [0.2, 0.25) is 5.36 Å². The second kappa shape index (κ2) is 11.1. The molecule has 0 radical (unpaired) electrons. The monoisotopic (exact) mass is 659 g/mol. The van der Waals surface area contributed by atoms with E-state index in [9.17, 15) is 25.9 Å². The van der Waals surface area contributed by atoms with Crippen LogP contribution >= 0.6 is 0 Å². The van der Waals surface area contributed by atoms with Crippen molar-refractivity contribution in [2.75, 3.05) is 32.1 Å². The molecule has 0 bridgehead atoms. The molecule has 0 aromatic heterocycles. The molecule has 4 aromatic rings. The molecule has 0 saturated heterocycles. The molecule has 0 spiro atoms. The maximum Gasteiger partial charge on any atom is 0.295 e.